The fourth-order valence-electron chi connectivity index (χ4n) is 1.87. The van der Waals surface area contributed by atoms with E-state index in [2.05, 4.69) is 0 Å². The third kappa shape index (κ3) is 2.27. The second-order valence-electron chi connectivity index (χ2n) is 4.10. The second kappa shape index (κ2) is 5.03. The summed E-state index contributed by atoms with van der Waals surface area (Å²) < 4.78 is 5.24. The molecular formula is C12H14N2O4. The Balaban J connectivity index is 2.32. The van der Waals surface area contributed by atoms with E-state index in [1.807, 2.05) is 6.92 Å². The van der Waals surface area contributed by atoms with Crippen molar-refractivity contribution in [1.82, 2.24) is 0 Å². The number of unbranched alkanes of at least 4 members (excludes halogenated alkanes) is 1. The highest BCUT2D eigenvalue weighted by atomic mass is 16.6. The van der Waals surface area contributed by atoms with Crippen LogP contribution in [0.2, 0.25) is 0 Å². The van der Waals surface area contributed by atoms with Crippen molar-refractivity contribution >= 4 is 17.3 Å². The number of benzene rings is 1. The minimum Gasteiger partial charge on any atom is -0.481 e. The monoisotopic (exact) mass is 250 g/mol. The topological polar surface area (TPSA) is 72.7 Å². The van der Waals surface area contributed by atoms with Gasteiger partial charge in [-0.15, -0.1) is 0 Å². The lowest BCUT2D eigenvalue weighted by molar-refractivity contribution is -0.384. The quantitative estimate of drug-likeness (QED) is 0.606. The zero-order valence-corrected chi connectivity index (χ0v) is 10.1. The molecule has 18 heavy (non-hydrogen) atoms. The second-order valence-corrected chi connectivity index (χ2v) is 4.10. The summed E-state index contributed by atoms with van der Waals surface area (Å²) in [6.07, 6.45) is 1.87. The van der Waals surface area contributed by atoms with E-state index in [1.54, 1.807) is 11.0 Å². The molecule has 6 nitrogen and oxygen atoms in total. The molecule has 0 saturated heterocycles. The largest absolute Gasteiger partial charge is 0.481 e. The number of carbonyl (C=O) groups excluding carboxylic acids is 1. The first-order valence-electron chi connectivity index (χ1n) is 5.85. The van der Waals surface area contributed by atoms with Gasteiger partial charge >= 0.3 is 0 Å². The SMILES string of the molecule is CCCCN1C(=O)COc2cc([N+](=O)[O-])ccc21. The highest BCUT2D eigenvalue weighted by Crippen LogP contribution is 2.35. The van der Waals surface area contributed by atoms with Gasteiger partial charge in [0.15, 0.2) is 12.4 Å². The average molecular weight is 250 g/mol. The van der Waals surface area contributed by atoms with Crippen LogP contribution in [0.25, 0.3) is 0 Å². The average Bonchev–Trinajstić information content (AvgIpc) is 2.37. The molecule has 2 rings (SSSR count). The minimum absolute atomic E-state index is 0.0291. The van der Waals surface area contributed by atoms with Crippen molar-refractivity contribution in [3.05, 3.63) is 28.3 Å². The number of nitro groups is 1. The normalized spacial score (nSPS) is 14.1. The summed E-state index contributed by atoms with van der Waals surface area (Å²) in [6.45, 7) is 2.60. The number of rotatable bonds is 4. The van der Waals surface area contributed by atoms with Crippen molar-refractivity contribution in [2.24, 2.45) is 0 Å². The Morgan fingerprint density at radius 2 is 2.28 bits per heavy atom. The summed E-state index contributed by atoms with van der Waals surface area (Å²) in [7, 11) is 0. The maximum atomic E-state index is 11.7. The van der Waals surface area contributed by atoms with Crippen LogP contribution in [0.3, 0.4) is 0 Å². The van der Waals surface area contributed by atoms with Crippen LogP contribution in [0.5, 0.6) is 5.75 Å². The number of non-ortho nitro benzene ring substituents is 1. The number of nitrogens with zero attached hydrogens (tertiary/aromatic N) is 2. The van der Waals surface area contributed by atoms with Gasteiger partial charge in [-0.1, -0.05) is 13.3 Å². The third-order valence-electron chi connectivity index (χ3n) is 2.83. The highest BCUT2D eigenvalue weighted by molar-refractivity contribution is 5.98. The molecule has 0 N–H and O–H groups in total. The zero-order valence-electron chi connectivity index (χ0n) is 10.1. The van der Waals surface area contributed by atoms with Crippen molar-refractivity contribution in [3.63, 3.8) is 0 Å². The van der Waals surface area contributed by atoms with Crippen LogP contribution < -0.4 is 9.64 Å². The smallest absolute Gasteiger partial charge is 0.273 e. The van der Waals surface area contributed by atoms with Crippen LogP contribution in [-0.4, -0.2) is 24.0 Å². The number of carbonyl (C=O) groups is 1. The van der Waals surface area contributed by atoms with Crippen molar-refractivity contribution in [1.29, 1.82) is 0 Å². The van der Waals surface area contributed by atoms with Crippen LogP contribution in [0.4, 0.5) is 11.4 Å². The van der Waals surface area contributed by atoms with Gasteiger partial charge in [-0.3, -0.25) is 14.9 Å². The number of nitro benzene ring substituents is 1. The Morgan fingerprint density at radius 1 is 1.50 bits per heavy atom. The first-order valence-corrected chi connectivity index (χ1v) is 5.85. The first kappa shape index (κ1) is 12.3. The Kier molecular flexibility index (Phi) is 3.45. The van der Waals surface area contributed by atoms with Gasteiger partial charge in [0, 0.05) is 12.6 Å². The summed E-state index contributed by atoms with van der Waals surface area (Å²) in [4.78, 5) is 23.6. The third-order valence-corrected chi connectivity index (χ3v) is 2.83. The molecule has 1 heterocycles. The van der Waals surface area contributed by atoms with Gasteiger partial charge in [0.25, 0.3) is 11.6 Å². The standard InChI is InChI=1S/C12H14N2O4/c1-2-3-6-13-10-5-4-9(14(16)17)7-11(10)18-8-12(13)15/h4-5,7H,2-3,6,8H2,1H3. The molecule has 0 atom stereocenters. The summed E-state index contributed by atoms with van der Waals surface area (Å²) in [5.74, 6) is 0.296. The minimum atomic E-state index is -0.476. The van der Waals surface area contributed by atoms with Crippen molar-refractivity contribution in [3.8, 4) is 5.75 Å². The number of amides is 1. The van der Waals surface area contributed by atoms with E-state index in [4.69, 9.17) is 4.74 Å². The Bertz CT molecular complexity index is 487. The zero-order chi connectivity index (χ0) is 13.1. The molecule has 0 spiro atoms. The van der Waals surface area contributed by atoms with E-state index in [0.29, 0.717) is 18.0 Å². The number of anilines is 1. The van der Waals surface area contributed by atoms with Crippen LogP contribution in [0.15, 0.2) is 18.2 Å². The summed E-state index contributed by atoms with van der Waals surface area (Å²) in [5, 5.41) is 10.7. The summed E-state index contributed by atoms with van der Waals surface area (Å²) >= 11 is 0. The molecule has 0 aliphatic carbocycles. The molecule has 1 aromatic rings. The molecular weight excluding hydrogens is 236 g/mol. The summed E-state index contributed by atoms with van der Waals surface area (Å²) in [6, 6.07) is 4.32. The van der Waals surface area contributed by atoms with E-state index in [9.17, 15) is 14.9 Å². The predicted molar refractivity (Wildman–Crippen MR) is 65.9 cm³/mol. The Hall–Kier alpha value is -2.11. The molecule has 0 fully saturated rings. The highest BCUT2D eigenvalue weighted by Gasteiger charge is 2.26. The Morgan fingerprint density at radius 3 is 2.94 bits per heavy atom. The molecule has 0 radical (unpaired) electrons. The molecule has 0 saturated carbocycles. The van der Waals surface area contributed by atoms with Crippen LogP contribution in [0, 0.1) is 10.1 Å². The van der Waals surface area contributed by atoms with Gasteiger partial charge in [-0.2, -0.15) is 0 Å². The molecule has 1 amide bonds. The van der Waals surface area contributed by atoms with Crippen LogP contribution >= 0.6 is 0 Å². The van der Waals surface area contributed by atoms with E-state index in [0.717, 1.165) is 12.8 Å². The lowest BCUT2D eigenvalue weighted by Gasteiger charge is -2.29. The van der Waals surface area contributed by atoms with Gasteiger partial charge < -0.3 is 9.64 Å². The van der Waals surface area contributed by atoms with Gasteiger partial charge in [0.1, 0.15) is 0 Å². The molecule has 96 valence electrons. The molecule has 0 unspecified atom stereocenters. The van der Waals surface area contributed by atoms with Crippen LogP contribution in [-0.2, 0) is 4.79 Å². The van der Waals surface area contributed by atoms with E-state index < -0.39 is 4.92 Å². The molecule has 6 heteroatoms. The molecule has 1 aliphatic heterocycles. The van der Waals surface area contributed by atoms with E-state index >= 15 is 0 Å². The van der Waals surface area contributed by atoms with E-state index in [1.165, 1.54) is 12.1 Å². The Labute approximate surface area is 104 Å². The van der Waals surface area contributed by atoms with E-state index in [-0.39, 0.29) is 18.2 Å². The number of hydrogen-bond donors (Lipinski definition) is 0. The first-order chi connectivity index (χ1) is 8.63. The fourth-order valence-corrected chi connectivity index (χ4v) is 1.87. The lowest BCUT2D eigenvalue weighted by atomic mass is 10.2. The van der Waals surface area contributed by atoms with Crippen molar-refractivity contribution in [2.45, 2.75) is 19.8 Å². The van der Waals surface area contributed by atoms with Gasteiger partial charge in [0.05, 0.1) is 16.7 Å². The van der Waals surface area contributed by atoms with Gasteiger partial charge in [0.2, 0.25) is 0 Å². The maximum absolute atomic E-state index is 11.7. The summed E-state index contributed by atoms with van der Waals surface area (Å²) in [5.41, 5.74) is 0.587. The van der Waals surface area contributed by atoms with Gasteiger partial charge in [-0.25, -0.2) is 0 Å². The predicted octanol–water partition coefficient (Wildman–Crippen LogP) is 2.12. The number of ether oxygens (including phenoxy) is 1. The van der Waals surface area contributed by atoms with Crippen molar-refractivity contribution in [2.75, 3.05) is 18.1 Å². The number of hydrogen-bond acceptors (Lipinski definition) is 4. The molecule has 1 aromatic carbocycles. The lowest BCUT2D eigenvalue weighted by Crippen LogP contribution is -2.39. The van der Waals surface area contributed by atoms with Crippen LogP contribution in [0.1, 0.15) is 19.8 Å². The van der Waals surface area contributed by atoms with Crippen molar-refractivity contribution < 1.29 is 14.5 Å². The van der Waals surface area contributed by atoms with Gasteiger partial charge in [-0.05, 0) is 12.5 Å². The molecule has 0 aromatic heterocycles. The maximum Gasteiger partial charge on any atom is 0.273 e. The fraction of sp³-hybridized carbons (Fsp3) is 0.417. The molecule has 1 aliphatic rings. The molecule has 0 bridgehead atoms. The number of fused-ring (bicyclic) bond motifs is 1.